The minimum atomic E-state index is -0.235. The third-order valence-corrected chi connectivity index (χ3v) is 6.91. The number of fused-ring (bicyclic) bond motifs is 1. The molecular weight excluding hydrogens is 428 g/mol. The zero-order valence-corrected chi connectivity index (χ0v) is 21.3. The van der Waals surface area contributed by atoms with E-state index in [1.807, 2.05) is 28.9 Å². The molecule has 2 aromatic heterocycles. The van der Waals surface area contributed by atoms with Crippen LogP contribution in [-0.4, -0.2) is 43.2 Å². The van der Waals surface area contributed by atoms with E-state index in [4.69, 9.17) is 4.74 Å². The summed E-state index contributed by atoms with van der Waals surface area (Å²) in [5.74, 6) is 1.92. The van der Waals surface area contributed by atoms with Crippen LogP contribution in [0.3, 0.4) is 0 Å². The summed E-state index contributed by atoms with van der Waals surface area (Å²) in [6.07, 6.45) is 5.94. The minimum Gasteiger partial charge on any atom is -0.497 e. The Morgan fingerprint density at radius 1 is 1.18 bits per heavy atom. The lowest BCUT2D eigenvalue weighted by atomic mass is 9.90. The summed E-state index contributed by atoms with van der Waals surface area (Å²) in [6, 6.07) is 8.13. The average Bonchev–Trinajstić information content (AvgIpc) is 3.29. The number of rotatable bonds is 7. The van der Waals surface area contributed by atoms with Crippen molar-refractivity contribution in [1.82, 2.24) is 30.1 Å². The predicted molar refractivity (Wildman–Crippen MR) is 134 cm³/mol. The number of hydrogen-bond acceptors (Lipinski definition) is 6. The topological polar surface area (TPSA) is 88.9 Å². The van der Waals surface area contributed by atoms with Gasteiger partial charge in [0.15, 0.2) is 5.82 Å². The molecule has 0 unspecified atom stereocenters. The van der Waals surface area contributed by atoms with Crippen LogP contribution in [0.2, 0.25) is 0 Å². The summed E-state index contributed by atoms with van der Waals surface area (Å²) in [4.78, 5) is 18.7. The van der Waals surface area contributed by atoms with Crippen molar-refractivity contribution in [3.8, 4) is 5.75 Å². The van der Waals surface area contributed by atoms with Gasteiger partial charge in [0.1, 0.15) is 5.75 Å². The van der Waals surface area contributed by atoms with Gasteiger partial charge in [0, 0.05) is 29.1 Å². The summed E-state index contributed by atoms with van der Waals surface area (Å²) >= 11 is 0. The van der Waals surface area contributed by atoms with Crippen molar-refractivity contribution in [2.75, 3.05) is 7.11 Å². The van der Waals surface area contributed by atoms with E-state index < -0.39 is 0 Å². The highest BCUT2D eigenvalue weighted by Crippen LogP contribution is 2.36. The molecule has 0 aliphatic heterocycles. The van der Waals surface area contributed by atoms with Gasteiger partial charge in [0.05, 0.1) is 18.7 Å². The van der Waals surface area contributed by atoms with Gasteiger partial charge >= 0.3 is 0 Å². The van der Waals surface area contributed by atoms with Crippen molar-refractivity contribution < 1.29 is 4.74 Å². The van der Waals surface area contributed by atoms with E-state index in [0.29, 0.717) is 12.6 Å². The Balaban J connectivity index is 1.79. The van der Waals surface area contributed by atoms with Crippen LogP contribution in [0.15, 0.2) is 29.1 Å². The van der Waals surface area contributed by atoms with Gasteiger partial charge in [0.25, 0.3) is 5.56 Å². The fourth-order valence-electron chi connectivity index (χ4n) is 5.22. The van der Waals surface area contributed by atoms with Crippen LogP contribution < -0.4 is 10.3 Å². The van der Waals surface area contributed by atoms with Gasteiger partial charge in [0.2, 0.25) is 0 Å². The first-order chi connectivity index (χ1) is 16.2. The Hall–Kier alpha value is -2.74. The molecule has 0 bridgehead atoms. The van der Waals surface area contributed by atoms with Crippen molar-refractivity contribution in [3.05, 3.63) is 46.0 Å². The molecule has 1 atom stereocenters. The monoisotopic (exact) mass is 466 g/mol. The zero-order valence-electron chi connectivity index (χ0n) is 21.3. The molecule has 8 heteroatoms. The molecule has 184 valence electrons. The van der Waals surface area contributed by atoms with Crippen molar-refractivity contribution in [1.29, 1.82) is 0 Å². The largest absolute Gasteiger partial charge is 0.497 e. The molecular formula is C26H38N6O2. The van der Waals surface area contributed by atoms with E-state index in [9.17, 15) is 4.79 Å². The number of tetrazole rings is 1. The number of ether oxygens (including phenoxy) is 1. The van der Waals surface area contributed by atoms with Crippen LogP contribution in [0.4, 0.5) is 0 Å². The molecule has 0 saturated heterocycles. The van der Waals surface area contributed by atoms with Gasteiger partial charge in [-0.2, -0.15) is 0 Å². The molecule has 1 aliphatic carbocycles. The van der Waals surface area contributed by atoms with Crippen molar-refractivity contribution in [3.63, 3.8) is 0 Å². The number of nitrogens with one attached hydrogen (secondary N) is 1. The summed E-state index contributed by atoms with van der Waals surface area (Å²) in [5.41, 5.74) is 1.29. The smallest absolute Gasteiger partial charge is 0.252 e. The van der Waals surface area contributed by atoms with Crippen molar-refractivity contribution >= 4 is 10.9 Å². The number of H-pyrrole nitrogens is 1. The maximum absolute atomic E-state index is 13.2. The SMILES string of the molecule is COc1ccc2[nH]c(=O)c(CN(C3CCCCC3)[C@@H](c3nnnn3C(C)(C)C)C(C)C)cc2c1. The van der Waals surface area contributed by atoms with Gasteiger partial charge in [-0.15, -0.1) is 5.10 Å². The first-order valence-corrected chi connectivity index (χ1v) is 12.4. The molecule has 1 saturated carbocycles. The van der Waals surface area contributed by atoms with Crippen LogP contribution in [-0.2, 0) is 12.1 Å². The summed E-state index contributed by atoms with van der Waals surface area (Å²) < 4.78 is 7.35. The molecule has 4 rings (SSSR count). The van der Waals surface area contributed by atoms with Gasteiger partial charge in [-0.1, -0.05) is 33.1 Å². The first kappa shape index (κ1) is 24.4. The van der Waals surface area contributed by atoms with Crippen molar-refractivity contribution in [2.45, 2.75) is 90.9 Å². The van der Waals surface area contributed by atoms with Gasteiger partial charge < -0.3 is 9.72 Å². The second kappa shape index (κ2) is 9.86. The third-order valence-electron chi connectivity index (χ3n) is 6.91. The second-order valence-electron chi connectivity index (χ2n) is 10.8. The van der Waals surface area contributed by atoms with Gasteiger partial charge in [-0.25, -0.2) is 4.68 Å². The average molecular weight is 467 g/mol. The summed E-state index contributed by atoms with van der Waals surface area (Å²) in [6.45, 7) is 11.4. The lowest BCUT2D eigenvalue weighted by Gasteiger charge is -2.41. The Morgan fingerprint density at radius 2 is 1.91 bits per heavy atom. The first-order valence-electron chi connectivity index (χ1n) is 12.4. The zero-order chi connectivity index (χ0) is 24.5. The highest BCUT2D eigenvalue weighted by molar-refractivity contribution is 5.80. The molecule has 1 aromatic carbocycles. The van der Waals surface area contributed by atoms with Crippen LogP contribution in [0.25, 0.3) is 10.9 Å². The normalized spacial score (nSPS) is 16.5. The summed E-state index contributed by atoms with van der Waals surface area (Å²) in [7, 11) is 1.66. The molecule has 1 aliphatic rings. The Morgan fingerprint density at radius 3 is 2.56 bits per heavy atom. The number of methoxy groups -OCH3 is 1. The molecule has 1 fully saturated rings. The lowest BCUT2D eigenvalue weighted by molar-refractivity contribution is 0.0580. The molecule has 2 heterocycles. The maximum atomic E-state index is 13.2. The summed E-state index contributed by atoms with van der Waals surface area (Å²) in [5, 5.41) is 13.9. The number of nitrogens with zero attached hydrogens (tertiary/aromatic N) is 5. The van der Waals surface area contributed by atoms with Crippen LogP contribution >= 0.6 is 0 Å². The lowest BCUT2D eigenvalue weighted by Crippen LogP contribution is -2.44. The molecule has 34 heavy (non-hydrogen) atoms. The third kappa shape index (κ3) is 5.02. The Labute approximate surface area is 201 Å². The van der Waals surface area contributed by atoms with Crippen LogP contribution in [0.5, 0.6) is 5.75 Å². The number of pyridine rings is 1. The number of hydrogen-bond donors (Lipinski definition) is 1. The van der Waals surface area contributed by atoms with Crippen LogP contribution in [0.1, 0.15) is 84.2 Å². The molecule has 0 radical (unpaired) electrons. The van der Waals surface area contributed by atoms with E-state index in [2.05, 4.69) is 60.0 Å². The molecule has 3 aromatic rings. The van der Waals surface area contributed by atoms with E-state index in [-0.39, 0.29) is 23.1 Å². The van der Waals surface area contributed by atoms with E-state index in [0.717, 1.165) is 40.9 Å². The fraction of sp³-hybridized carbons (Fsp3) is 0.615. The fourth-order valence-corrected chi connectivity index (χ4v) is 5.22. The van der Waals surface area contributed by atoms with E-state index in [1.54, 1.807) is 7.11 Å². The highest BCUT2D eigenvalue weighted by Gasteiger charge is 2.36. The van der Waals surface area contributed by atoms with E-state index in [1.165, 1.54) is 19.3 Å². The van der Waals surface area contributed by atoms with Gasteiger partial charge in [-0.05, 0) is 74.2 Å². The molecule has 1 N–H and O–H groups in total. The predicted octanol–water partition coefficient (Wildman–Crippen LogP) is 4.81. The minimum absolute atomic E-state index is 0.00210. The Bertz CT molecular complexity index is 1170. The maximum Gasteiger partial charge on any atom is 0.252 e. The number of benzene rings is 1. The van der Waals surface area contributed by atoms with Crippen LogP contribution in [0, 0.1) is 5.92 Å². The Kier molecular flexibility index (Phi) is 7.07. The highest BCUT2D eigenvalue weighted by atomic mass is 16.5. The number of aromatic nitrogens is 5. The number of aromatic amines is 1. The van der Waals surface area contributed by atoms with Gasteiger partial charge in [-0.3, -0.25) is 9.69 Å². The molecule has 0 amide bonds. The van der Waals surface area contributed by atoms with Crippen molar-refractivity contribution in [2.24, 2.45) is 5.92 Å². The van der Waals surface area contributed by atoms with E-state index >= 15 is 0 Å². The standard InChI is InChI=1S/C26H38N6O2/c1-17(2)23(24-28-29-30-32(24)26(3,4)5)31(20-10-8-7-9-11-20)16-19-14-18-15-21(34-6)12-13-22(18)27-25(19)33/h12-15,17,20,23H,7-11,16H2,1-6H3,(H,27,33)/t23-/m1/s1. The molecule has 0 spiro atoms. The molecule has 8 nitrogen and oxygen atoms in total. The second-order valence-corrected chi connectivity index (χ2v) is 10.8. The quantitative estimate of drug-likeness (QED) is 0.537.